The van der Waals surface area contributed by atoms with E-state index in [1.807, 2.05) is 45.0 Å². The highest BCUT2D eigenvalue weighted by Gasteiger charge is 2.15. The Morgan fingerprint density at radius 1 is 1.27 bits per heavy atom. The zero-order valence-corrected chi connectivity index (χ0v) is 16.9. The molecule has 0 spiro atoms. The number of hydrogen-bond donors (Lipinski definition) is 2. The summed E-state index contributed by atoms with van der Waals surface area (Å²) in [6, 6.07) is 9.52. The van der Waals surface area contributed by atoms with Crippen molar-refractivity contribution >= 4 is 17.2 Å². The Labute approximate surface area is 172 Å². The van der Waals surface area contributed by atoms with Crippen molar-refractivity contribution in [2.75, 3.05) is 5.32 Å². The first-order valence-electron chi connectivity index (χ1n) is 9.49. The number of aromatic amines is 1. The highest BCUT2D eigenvalue weighted by Crippen LogP contribution is 2.21. The van der Waals surface area contributed by atoms with E-state index < -0.39 is 0 Å². The average molecular weight is 400 g/mol. The second kappa shape index (κ2) is 7.75. The van der Waals surface area contributed by atoms with Crippen molar-refractivity contribution in [2.24, 2.45) is 0 Å². The Bertz CT molecular complexity index is 1290. The van der Waals surface area contributed by atoms with E-state index in [4.69, 9.17) is 0 Å². The average Bonchev–Trinajstić information content (AvgIpc) is 3.34. The number of carbonyl (C=O) groups excluding carboxylic acids is 1. The maximum atomic E-state index is 12.5. The highest BCUT2D eigenvalue weighted by atomic mass is 16.1. The summed E-state index contributed by atoms with van der Waals surface area (Å²) in [7, 11) is 0. The molecule has 0 aliphatic heterocycles. The van der Waals surface area contributed by atoms with Crippen LogP contribution in [0.1, 0.15) is 34.8 Å². The summed E-state index contributed by atoms with van der Waals surface area (Å²) in [6.45, 7) is 5.64. The van der Waals surface area contributed by atoms with E-state index in [1.54, 1.807) is 4.52 Å². The van der Waals surface area contributed by atoms with Gasteiger partial charge in [0, 0.05) is 29.1 Å². The Kier molecular flexibility index (Phi) is 4.98. The number of benzene rings is 1. The van der Waals surface area contributed by atoms with E-state index in [0.717, 1.165) is 28.3 Å². The summed E-state index contributed by atoms with van der Waals surface area (Å²) in [6.07, 6.45) is 2.33. The molecule has 9 heteroatoms. The summed E-state index contributed by atoms with van der Waals surface area (Å²) in [5, 5.41) is 23.3. The smallest absolute Gasteiger partial charge is 0.224 e. The molecule has 0 aliphatic rings. The third-order valence-electron chi connectivity index (χ3n) is 4.93. The number of nitrogens with one attached hydrogen (secondary N) is 2. The van der Waals surface area contributed by atoms with Gasteiger partial charge in [0.25, 0.3) is 0 Å². The van der Waals surface area contributed by atoms with E-state index in [-0.39, 0.29) is 5.91 Å². The molecule has 9 nitrogen and oxygen atoms in total. The fourth-order valence-electron chi connectivity index (χ4n) is 3.42. The molecule has 0 aliphatic carbocycles. The molecular weight excluding hydrogens is 380 g/mol. The van der Waals surface area contributed by atoms with Crippen LogP contribution in [-0.2, 0) is 11.2 Å². The third kappa shape index (κ3) is 3.63. The number of nitriles is 1. The van der Waals surface area contributed by atoms with Crippen LogP contribution >= 0.6 is 0 Å². The van der Waals surface area contributed by atoms with Gasteiger partial charge in [0.1, 0.15) is 17.5 Å². The molecule has 0 fully saturated rings. The van der Waals surface area contributed by atoms with Gasteiger partial charge in [-0.2, -0.15) is 15.5 Å². The van der Waals surface area contributed by atoms with Crippen molar-refractivity contribution in [1.29, 1.82) is 5.26 Å². The first-order chi connectivity index (χ1) is 14.5. The van der Waals surface area contributed by atoms with Crippen LogP contribution in [0.3, 0.4) is 0 Å². The van der Waals surface area contributed by atoms with Crippen LogP contribution in [0.15, 0.2) is 30.5 Å². The molecule has 0 saturated carbocycles. The molecule has 4 rings (SSSR count). The van der Waals surface area contributed by atoms with Gasteiger partial charge in [0.05, 0.1) is 6.20 Å². The number of carbonyl (C=O) groups is 1. The topological polar surface area (TPSA) is 125 Å². The summed E-state index contributed by atoms with van der Waals surface area (Å²) < 4.78 is 1.65. The molecule has 1 amide bonds. The second-order valence-electron chi connectivity index (χ2n) is 7.04. The van der Waals surface area contributed by atoms with Crippen molar-refractivity contribution < 1.29 is 4.79 Å². The first-order valence-corrected chi connectivity index (χ1v) is 9.49. The molecular formula is C21H20N8O. The molecule has 30 heavy (non-hydrogen) atoms. The summed E-state index contributed by atoms with van der Waals surface area (Å²) in [5.74, 6) is 1.22. The SMILES string of the molecule is Cc1nc(-c2cccc(NC(=O)CCc3c(C)nc4c(C#N)cnn4c3C)c2)n[nH]1. The fourth-order valence-corrected chi connectivity index (χ4v) is 3.42. The van der Waals surface area contributed by atoms with Gasteiger partial charge in [0.15, 0.2) is 11.5 Å². The number of aryl methyl sites for hydroxylation is 3. The summed E-state index contributed by atoms with van der Waals surface area (Å²) in [5.41, 5.74) is 5.13. The quantitative estimate of drug-likeness (QED) is 0.531. The van der Waals surface area contributed by atoms with Crippen molar-refractivity contribution in [1.82, 2.24) is 29.8 Å². The predicted molar refractivity (Wildman–Crippen MR) is 111 cm³/mol. The standard InChI is InChI=1S/C21H20N8O/c1-12-18(13(2)29-21(24-12)16(10-22)11-23-29)7-8-19(30)26-17-6-4-5-15(9-17)20-25-14(3)27-28-20/h4-6,9,11H,7-8H2,1-3H3,(H,26,30)(H,25,27,28). The van der Waals surface area contributed by atoms with Gasteiger partial charge >= 0.3 is 0 Å². The molecule has 0 unspecified atom stereocenters. The molecule has 150 valence electrons. The number of anilines is 1. The number of aromatic nitrogens is 6. The monoisotopic (exact) mass is 400 g/mol. The van der Waals surface area contributed by atoms with Gasteiger partial charge in [0.2, 0.25) is 5.91 Å². The number of rotatable bonds is 5. The lowest BCUT2D eigenvalue weighted by Gasteiger charge is -2.11. The molecule has 3 heterocycles. The largest absolute Gasteiger partial charge is 0.326 e. The van der Waals surface area contributed by atoms with Gasteiger partial charge in [-0.25, -0.2) is 14.5 Å². The van der Waals surface area contributed by atoms with E-state index in [1.165, 1.54) is 6.20 Å². The summed E-state index contributed by atoms with van der Waals surface area (Å²) >= 11 is 0. The minimum Gasteiger partial charge on any atom is -0.326 e. The van der Waals surface area contributed by atoms with Gasteiger partial charge < -0.3 is 5.32 Å². The lowest BCUT2D eigenvalue weighted by atomic mass is 10.1. The number of fused-ring (bicyclic) bond motifs is 1. The van der Waals surface area contributed by atoms with Crippen LogP contribution in [0, 0.1) is 32.1 Å². The van der Waals surface area contributed by atoms with Crippen LogP contribution in [0.25, 0.3) is 17.0 Å². The van der Waals surface area contributed by atoms with Crippen LogP contribution in [0.2, 0.25) is 0 Å². The third-order valence-corrected chi connectivity index (χ3v) is 4.93. The zero-order chi connectivity index (χ0) is 21.3. The Morgan fingerprint density at radius 3 is 2.83 bits per heavy atom. The fraction of sp³-hybridized carbons (Fsp3) is 0.238. The molecule has 0 saturated heterocycles. The number of amides is 1. The minimum atomic E-state index is -0.101. The van der Waals surface area contributed by atoms with E-state index in [9.17, 15) is 10.1 Å². The maximum Gasteiger partial charge on any atom is 0.224 e. The summed E-state index contributed by atoms with van der Waals surface area (Å²) in [4.78, 5) is 21.4. The van der Waals surface area contributed by atoms with Crippen molar-refractivity contribution in [3.05, 3.63) is 58.8 Å². The van der Waals surface area contributed by atoms with Gasteiger partial charge in [-0.3, -0.25) is 9.89 Å². The van der Waals surface area contributed by atoms with E-state index >= 15 is 0 Å². The van der Waals surface area contributed by atoms with Crippen molar-refractivity contribution in [2.45, 2.75) is 33.6 Å². The maximum absolute atomic E-state index is 12.5. The van der Waals surface area contributed by atoms with E-state index in [2.05, 4.69) is 36.7 Å². The molecule has 0 radical (unpaired) electrons. The Morgan fingerprint density at radius 2 is 2.10 bits per heavy atom. The predicted octanol–water partition coefficient (Wildman–Crippen LogP) is 2.88. The lowest BCUT2D eigenvalue weighted by molar-refractivity contribution is -0.116. The first kappa shape index (κ1) is 19.3. The zero-order valence-electron chi connectivity index (χ0n) is 16.9. The van der Waals surface area contributed by atoms with Gasteiger partial charge in [-0.1, -0.05) is 12.1 Å². The Hall–Kier alpha value is -4.06. The molecule has 1 aromatic carbocycles. The van der Waals surface area contributed by atoms with Gasteiger partial charge in [-0.05, 0) is 44.9 Å². The molecule has 0 atom stereocenters. The molecule has 0 bridgehead atoms. The van der Waals surface area contributed by atoms with Crippen LogP contribution in [0.4, 0.5) is 5.69 Å². The van der Waals surface area contributed by atoms with Crippen LogP contribution in [0.5, 0.6) is 0 Å². The van der Waals surface area contributed by atoms with Crippen molar-refractivity contribution in [3.8, 4) is 17.5 Å². The van der Waals surface area contributed by atoms with Crippen LogP contribution < -0.4 is 5.32 Å². The van der Waals surface area contributed by atoms with Crippen LogP contribution in [-0.4, -0.2) is 35.7 Å². The molecule has 3 aromatic heterocycles. The minimum absolute atomic E-state index is 0.101. The second-order valence-corrected chi connectivity index (χ2v) is 7.04. The normalized spacial score (nSPS) is 10.9. The molecule has 2 N–H and O–H groups in total. The lowest BCUT2D eigenvalue weighted by Crippen LogP contribution is -2.14. The number of nitrogens with zero attached hydrogens (tertiary/aromatic N) is 6. The number of hydrogen-bond acceptors (Lipinski definition) is 6. The van der Waals surface area contributed by atoms with E-state index in [0.29, 0.717) is 35.6 Å². The highest BCUT2D eigenvalue weighted by molar-refractivity contribution is 5.91. The van der Waals surface area contributed by atoms with Crippen molar-refractivity contribution in [3.63, 3.8) is 0 Å². The number of H-pyrrole nitrogens is 1. The Balaban J connectivity index is 1.48. The van der Waals surface area contributed by atoms with Gasteiger partial charge in [-0.15, -0.1) is 0 Å². The molecule has 4 aromatic rings.